The van der Waals surface area contributed by atoms with Gasteiger partial charge in [-0.2, -0.15) is 0 Å². The molecule has 6 heteroatoms. The number of halogens is 1. The number of carbonyl (C=O) groups is 3. The molecule has 1 saturated heterocycles. The summed E-state index contributed by atoms with van der Waals surface area (Å²) in [7, 11) is 0. The predicted molar refractivity (Wildman–Crippen MR) is 121 cm³/mol. The molecule has 5 nitrogen and oxygen atoms in total. The third-order valence-corrected chi connectivity index (χ3v) is 5.37. The van der Waals surface area contributed by atoms with E-state index in [0.29, 0.717) is 22.7 Å². The number of hydrogen-bond donors (Lipinski definition) is 1. The summed E-state index contributed by atoms with van der Waals surface area (Å²) in [5, 5.41) is 2.95. The van der Waals surface area contributed by atoms with Gasteiger partial charge in [0.15, 0.2) is 0 Å². The van der Waals surface area contributed by atoms with Crippen molar-refractivity contribution in [1.29, 1.82) is 0 Å². The van der Waals surface area contributed by atoms with Crippen LogP contribution in [0.5, 0.6) is 0 Å². The number of carbonyl (C=O) groups excluding carboxylic acids is 3. The molecule has 31 heavy (non-hydrogen) atoms. The first-order chi connectivity index (χ1) is 14.9. The number of hydrogen-bond acceptors (Lipinski definition) is 3. The largest absolute Gasteiger partial charge is 0.335 e. The van der Waals surface area contributed by atoms with Crippen molar-refractivity contribution in [2.24, 2.45) is 0 Å². The number of nitrogens with one attached hydrogen (secondary N) is 1. The second kappa shape index (κ2) is 8.58. The van der Waals surface area contributed by atoms with Crippen molar-refractivity contribution in [2.75, 3.05) is 4.90 Å². The van der Waals surface area contributed by atoms with Crippen LogP contribution in [-0.2, 0) is 16.0 Å². The van der Waals surface area contributed by atoms with E-state index in [1.807, 2.05) is 61.5 Å². The van der Waals surface area contributed by atoms with Crippen molar-refractivity contribution in [3.63, 3.8) is 0 Å². The van der Waals surface area contributed by atoms with Crippen molar-refractivity contribution in [2.45, 2.75) is 13.3 Å². The quantitative estimate of drug-likeness (QED) is 0.472. The van der Waals surface area contributed by atoms with Crippen LogP contribution in [0.2, 0.25) is 5.02 Å². The molecule has 0 unspecified atom stereocenters. The van der Waals surface area contributed by atoms with Crippen LogP contribution in [0.1, 0.15) is 22.3 Å². The fourth-order valence-corrected chi connectivity index (χ4v) is 3.62. The van der Waals surface area contributed by atoms with Gasteiger partial charge in [-0.15, -0.1) is 0 Å². The highest BCUT2D eigenvalue weighted by molar-refractivity contribution is 6.39. The van der Waals surface area contributed by atoms with Crippen molar-refractivity contribution in [3.05, 3.63) is 106 Å². The molecule has 1 aliphatic rings. The lowest BCUT2D eigenvalue weighted by Gasteiger charge is -2.26. The van der Waals surface area contributed by atoms with Gasteiger partial charge in [0.2, 0.25) is 0 Å². The Bertz CT molecular complexity index is 1220. The molecule has 1 aliphatic heterocycles. The van der Waals surface area contributed by atoms with Gasteiger partial charge in [0.25, 0.3) is 11.8 Å². The van der Waals surface area contributed by atoms with E-state index < -0.39 is 17.8 Å². The predicted octanol–water partition coefficient (Wildman–Crippen LogP) is 4.91. The minimum Gasteiger partial charge on any atom is -0.273 e. The average molecular weight is 431 g/mol. The molecule has 4 rings (SSSR count). The summed E-state index contributed by atoms with van der Waals surface area (Å²) < 4.78 is 0. The number of aryl methyl sites for hydroxylation is 1. The second-order valence-corrected chi connectivity index (χ2v) is 7.71. The lowest BCUT2D eigenvalue weighted by atomic mass is 10.0. The molecule has 4 amide bonds. The Balaban J connectivity index is 1.59. The molecule has 0 radical (unpaired) electrons. The second-order valence-electron chi connectivity index (χ2n) is 7.31. The van der Waals surface area contributed by atoms with E-state index in [1.165, 1.54) is 6.08 Å². The van der Waals surface area contributed by atoms with Crippen LogP contribution in [0.25, 0.3) is 6.08 Å². The number of rotatable bonds is 4. The minimum atomic E-state index is -0.757. The van der Waals surface area contributed by atoms with Crippen molar-refractivity contribution >= 4 is 41.2 Å². The first-order valence-electron chi connectivity index (χ1n) is 9.73. The van der Waals surface area contributed by atoms with Gasteiger partial charge < -0.3 is 0 Å². The number of urea groups is 1. The highest BCUT2D eigenvalue weighted by atomic mass is 35.5. The number of nitrogens with zero attached hydrogens (tertiary/aromatic N) is 1. The van der Waals surface area contributed by atoms with Gasteiger partial charge in [0.1, 0.15) is 5.57 Å². The van der Waals surface area contributed by atoms with E-state index in [2.05, 4.69) is 5.32 Å². The Labute approximate surface area is 185 Å². The maximum absolute atomic E-state index is 13.0. The van der Waals surface area contributed by atoms with E-state index in [4.69, 9.17) is 11.6 Å². The van der Waals surface area contributed by atoms with Gasteiger partial charge in [0, 0.05) is 5.02 Å². The Morgan fingerprint density at radius 3 is 2.39 bits per heavy atom. The molecule has 1 fully saturated rings. The monoisotopic (exact) mass is 430 g/mol. The van der Waals surface area contributed by atoms with Crippen LogP contribution < -0.4 is 10.2 Å². The number of benzene rings is 3. The van der Waals surface area contributed by atoms with E-state index in [-0.39, 0.29) is 5.57 Å². The summed E-state index contributed by atoms with van der Waals surface area (Å²) in [6.07, 6.45) is 2.16. The molecule has 3 aromatic carbocycles. The number of anilines is 1. The molecule has 0 atom stereocenters. The highest BCUT2D eigenvalue weighted by Crippen LogP contribution is 2.23. The van der Waals surface area contributed by atoms with Gasteiger partial charge >= 0.3 is 6.03 Å². The van der Waals surface area contributed by atoms with Crippen LogP contribution in [-0.4, -0.2) is 17.8 Å². The molecule has 1 N–H and O–H groups in total. The number of amides is 4. The normalized spacial score (nSPS) is 15.4. The van der Waals surface area contributed by atoms with Gasteiger partial charge in [0.05, 0.1) is 5.69 Å². The van der Waals surface area contributed by atoms with E-state index in [1.54, 1.807) is 18.2 Å². The van der Waals surface area contributed by atoms with Crippen molar-refractivity contribution in [3.8, 4) is 0 Å². The van der Waals surface area contributed by atoms with Crippen LogP contribution in [0, 0.1) is 6.92 Å². The summed E-state index contributed by atoms with van der Waals surface area (Å²) in [5.41, 5.74) is 3.96. The fourth-order valence-electron chi connectivity index (χ4n) is 3.42. The third-order valence-electron chi connectivity index (χ3n) is 5.00. The molecule has 0 bridgehead atoms. The Morgan fingerprint density at radius 2 is 1.68 bits per heavy atom. The maximum Gasteiger partial charge on any atom is 0.335 e. The van der Waals surface area contributed by atoms with Crippen molar-refractivity contribution < 1.29 is 14.4 Å². The number of barbiturate groups is 1. The summed E-state index contributed by atoms with van der Waals surface area (Å²) in [4.78, 5) is 38.6. The Kier molecular flexibility index (Phi) is 5.69. The van der Waals surface area contributed by atoms with Crippen LogP contribution in [0.3, 0.4) is 0 Å². The maximum atomic E-state index is 13.0. The number of imide groups is 2. The Morgan fingerprint density at radius 1 is 0.935 bits per heavy atom. The van der Waals surface area contributed by atoms with Gasteiger partial charge in [-0.05, 0) is 59.9 Å². The summed E-state index contributed by atoms with van der Waals surface area (Å²) >= 11 is 6.23. The lowest BCUT2D eigenvalue weighted by molar-refractivity contribution is -0.122. The van der Waals surface area contributed by atoms with Crippen LogP contribution in [0.15, 0.2) is 78.4 Å². The highest BCUT2D eigenvalue weighted by Gasteiger charge is 2.36. The van der Waals surface area contributed by atoms with Crippen LogP contribution in [0.4, 0.5) is 10.5 Å². The molecule has 0 aromatic heterocycles. The standard InChI is InChI=1S/C25H19ClN2O3/c1-16-5-4-7-20(13-16)28-24(30)21(23(29)27-25(28)31)15-18-11-9-17(10-12-18)14-19-6-2-3-8-22(19)26/h2-13,15H,14H2,1H3,(H,27,29,31)/b21-15+. The lowest BCUT2D eigenvalue weighted by Crippen LogP contribution is -2.54. The zero-order valence-electron chi connectivity index (χ0n) is 16.8. The smallest absolute Gasteiger partial charge is 0.273 e. The zero-order chi connectivity index (χ0) is 22.0. The first-order valence-corrected chi connectivity index (χ1v) is 10.1. The molecular formula is C25H19ClN2O3. The SMILES string of the molecule is Cc1cccc(N2C(=O)NC(=O)/C(=C\c3ccc(Cc4ccccc4Cl)cc3)C2=O)c1. The molecular weight excluding hydrogens is 412 g/mol. The van der Waals surface area contributed by atoms with Crippen LogP contribution >= 0.6 is 11.6 Å². The molecule has 154 valence electrons. The fraction of sp³-hybridized carbons (Fsp3) is 0.0800. The molecule has 3 aromatic rings. The first kappa shape index (κ1) is 20.6. The zero-order valence-corrected chi connectivity index (χ0v) is 17.5. The van der Waals surface area contributed by atoms with Gasteiger partial charge in [-0.25, -0.2) is 9.69 Å². The average Bonchev–Trinajstić information content (AvgIpc) is 2.74. The van der Waals surface area contributed by atoms with Gasteiger partial charge in [-0.1, -0.05) is 66.2 Å². The molecule has 0 saturated carbocycles. The molecule has 0 aliphatic carbocycles. The van der Waals surface area contributed by atoms with E-state index in [0.717, 1.165) is 21.6 Å². The van der Waals surface area contributed by atoms with Crippen molar-refractivity contribution in [1.82, 2.24) is 5.32 Å². The van der Waals surface area contributed by atoms with E-state index in [9.17, 15) is 14.4 Å². The Hall–Kier alpha value is -3.70. The summed E-state index contributed by atoms with van der Waals surface area (Å²) in [6.45, 7) is 1.86. The van der Waals surface area contributed by atoms with Gasteiger partial charge in [-0.3, -0.25) is 14.9 Å². The minimum absolute atomic E-state index is 0.0973. The van der Waals surface area contributed by atoms with E-state index >= 15 is 0 Å². The summed E-state index contributed by atoms with van der Waals surface area (Å²) in [6, 6.07) is 21.4. The molecule has 1 heterocycles. The molecule has 0 spiro atoms. The third kappa shape index (κ3) is 4.42. The summed E-state index contributed by atoms with van der Waals surface area (Å²) in [5.74, 6) is -1.36. The topological polar surface area (TPSA) is 66.5 Å².